The van der Waals surface area contributed by atoms with Gasteiger partial charge < -0.3 is 9.29 Å². The van der Waals surface area contributed by atoms with Crippen molar-refractivity contribution in [3.8, 4) is 11.1 Å². The van der Waals surface area contributed by atoms with Crippen molar-refractivity contribution in [1.29, 1.82) is 0 Å². The summed E-state index contributed by atoms with van der Waals surface area (Å²) in [6, 6.07) is 5.77. The molecule has 0 saturated heterocycles. The first-order valence-corrected chi connectivity index (χ1v) is 12.3. The van der Waals surface area contributed by atoms with Gasteiger partial charge in [0.15, 0.2) is 0 Å². The van der Waals surface area contributed by atoms with Gasteiger partial charge in [0, 0.05) is 5.92 Å². The minimum Gasteiger partial charge on any atom is -0.591 e. The van der Waals surface area contributed by atoms with Gasteiger partial charge in [-0.15, -0.1) is 0 Å². The van der Waals surface area contributed by atoms with Crippen LogP contribution in [0.25, 0.3) is 11.1 Å². The van der Waals surface area contributed by atoms with Gasteiger partial charge in [-0.05, 0) is 88.4 Å². The smallest absolute Gasteiger partial charge is 0.419 e. The molecule has 2 rings (SSSR count). The van der Waals surface area contributed by atoms with E-state index in [0.717, 1.165) is 29.0 Å². The lowest BCUT2D eigenvalue weighted by molar-refractivity contribution is -0.143. The number of aryl methyl sites for hydroxylation is 3. The third kappa shape index (κ3) is 7.30. The molecule has 4 nitrogen and oxygen atoms in total. The molecule has 0 radical (unpaired) electrons. The molecule has 0 aromatic heterocycles. The number of hydrogen-bond acceptors (Lipinski definition) is 4. The zero-order valence-electron chi connectivity index (χ0n) is 21.0. The van der Waals surface area contributed by atoms with Crippen LogP contribution in [0.4, 0.5) is 17.6 Å². The Bertz CT molecular complexity index is 1080. The summed E-state index contributed by atoms with van der Waals surface area (Å²) in [4.78, 5) is 12.3. The van der Waals surface area contributed by atoms with Crippen LogP contribution in [0.1, 0.15) is 67.9 Å². The molecule has 0 spiro atoms. The molecule has 0 amide bonds. The first kappa shape index (κ1) is 28.8. The second-order valence-corrected chi connectivity index (χ2v) is 11.4. The molecular formula is C26H31F4NO3S. The van der Waals surface area contributed by atoms with Crippen LogP contribution in [0.2, 0.25) is 0 Å². The predicted octanol–water partition coefficient (Wildman–Crippen LogP) is 7.01. The summed E-state index contributed by atoms with van der Waals surface area (Å²) in [5, 5.41) is 0. The Balaban J connectivity index is 2.80. The van der Waals surface area contributed by atoms with E-state index in [1.807, 2.05) is 19.1 Å². The summed E-state index contributed by atoms with van der Waals surface area (Å²) in [6.07, 6.45) is -4.33. The second kappa shape index (κ2) is 11.1. The SMILES string of the molecule is CCOC(=O)CC(C=N[S+]([O-])C(C)(C)C)c1cc(-c2c(C)cc(C)cc2C)cc(C(F)(F)F)c1F. The Hall–Kier alpha value is -2.39. The average molecular weight is 514 g/mol. The monoisotopic (exact) mass is 513 g/mol. The van der Waals surface area contributed by atoms with Gasteiger partial charge in [-0.3, -0.25) is 4.79 Å². The van der Waals surface area contributed by atoms with Crippen LogP contribution in [0.15, 0.2) is 28.7 Å². The van der Waals surface area contributed by atoms with Gasteiger partial charge in [-0.25, -0.2) is 4.39 Å². The van der Waals surface area contributed by atoms with Crippen LogP contribution in [0.5, 0.6) is 0 Å². The third-order valence-electron chi connectivity index (χ3n) is 5.32. The lowest BCUT2D eigenvalue weighted by Crippen LogP contribution is -2.26. The van der Waals surface area contributed by atoms with Gasteiger partial charge >= 0.3 is 12.1 Å². The Morgan fingerprint density at radius 3 is 2.17 bits per heavy atom. The van der Waals surface area contributed by atoms with Crippen molar-refractivity contribution in [3.05, 3.63) is 57.9 Å². The van der Waals surface area contributed by atoms with Crippen LogP contribution in [0, 0.1) is 26.6 Å². The van der Waals surface area contributed by atoms with E-state index in [2.05, 4.69) is 4.40 Å². The molecule has 0 fully saturated rings. The number of halogens is 4. The van der Waals surface area contributed by atoms with E-state index in [9.17, 15) is 22.5 Å². The maximum absolute atomic E-state index is 15.4. The molecule has 0 saturated carbocycles. The highest BCUT2D eigenvalue weighted by molar-refractivity contribution is 7.91. The Kier molecular flexibility index (Phi) is 9.16. The van der Waals surface area contributed by atoms with Crippen molar-refractivity contribution in [3.63, 3.8) is 0 Å². The van der Waals surface area contributed by atoms with Crippen molar-refractivity contribution in [2.45, 2.75) is 71.7 Å². The lowest BCUT2D eigenvalue weighted by atomic mass is 9.87. The number of benzene rings is 2. The fourth-order valence-corrected chi connectivity index (χ4v) is 4.41. The minimum atomic E-state index is -4.97. The molecule has 0 aliphatic heterocycles. The van der Waals surface area contributed by atoms with E-state index < -0.39 is 52.0 Å². The number of alkyl halides is 3. The number of carbonyl (C=O) groups excluding carboxylic acids is 1. The number of nitrogens with zero attached hydrogens (tertiary/aromatic N) is 1. The lowest BCUT2D eigenvalue weighted by Gasteiger charge is -2.21. The Morgan fingerprint density at radius 2 is 1.69 bits per heavy atom. The quantitative estimate of drug-likeness (QED) is 0.173. The molecule has 9 heteroatoms. The number of hydrogen-bond donors (Lipinski definition) is 0. The summed E-state index contributed by atoms with van der Waals surface area (Å²) in [5.74, 6) is -3.44. The molecule has 2 aromatic rings. The molecule has 0 bridgehead atoms. The average Bonchev–Trinajstić information content (AvgIpc) is 2.69. The molecule has 0 aliphatic rings. The van der Waals surface area contributed by atoms with Gasteiger partial charge in [0.2, 0.25) is 0 Å². The number of esters is 1. The van der Waals surface area contributed by atoms with Crippen LogP contribution in [0.3, 0.4) is 0 Å². The first-order valence-electron chi connectivity index (χ1n) is 11.2. The van der Waals surface area contributed by atoms with Crippen LogP contribution in [-0.2, 0) is 27.1 Å². The fraction of sp³-hybridized carbons (Fsp3) is 0.462. The van der Waals surface area contributed by atoms with Crippen LogP contribution in [-0.4, -0.2) is 28.1 Å². The van der Waals surface area contributed by atoms with E-state index in [4.69, 9.17) is 4.74 Å². The van der Waals surface area contributed by atoms with E-state index in [0.29, 0.717) is 5.56 Å². The molecule has 2 atom stereocenters. The summed E-state index contributed by atoms with van der Waals surface area (Å²) >= 11 is -1.76. The molecular weight excluding hydrogens is 482 g/mol. The van der Waals surface area contributed by atoms with Crippen molar-refractivity contribution in [2.24, 2.45) is 4.40 Å². The van der Waals surface area contributed by atoms with Crippen molar-refractivity contribution in [2.75, 3.05) is 6.61 Å². The van der Waals surface area contributed by atoms with Gasteiger partial charge in [0.05, 0.1) is 24.8 Å². The third-order valence-corrected chi connectivity index (χ3v) is 6.68. The highest BCUT2D eigenvalue weighted by atomic mass is 32.2. The van der Waals surface area contributed by atoms with E-state index in [1.165, 1.54) is 6.07 Å². The topological polar surface area (TPSA) is 61.7 Å². The minimum absolute atomic E-state index is 0.0503. The zero-order chi connectivity index (χ0) is 26.7. The summed E-state index contributed by atoms with van der Waals surface area (Å²) in [6.45, 7) is 12.1. The Morgan fingerprint density at radius 1 is 1.11 bits per heavy atom. The normalized spacial score (nSPS) is 14.3. The number of rotatable bonds is 7. The van der Waals surface area contributed by atoms with Crippen molar-refractivity contribution in [1.82, 2.24) is 0 Å². The maximum Gasteiger partial charge on any atom is 0.419 e. The highest BCUT2D eigenvalue weighted by Gasteiger charge is 2.37. The van der Waals surface area contributed by atoms with E-state index >= 15 is 4.39 Å². The molecule has 0 N–H and O–H groups in total. The standard InChI is InChI=1S/C26H31F4NO3S/c1-8-34-22(32)13-19(14-31-35(33)25(5,6)7)20-11-18(12-21(24(20)27)26(28,29)30)23-16(3)9-15(2)10-17(23)4/h9-12,14,19H,8,13H2,1-7H3. The first-order chi connectivity index (χ1) is 16.1. The van der Waals surface area contributed by atoms with Gasteiger partial charge in [-0.1, -0.05) is 22.1 Å². The number of carbonyl (C=O) groups is 1. The molecule has 0 heterocycles. The predicted molar refractivity (Wildman–Crippen MR) is 131 cm³/mol. The second-order valence-electron chi connectivity index (χ2n) is 9.43. The largest absolute Gasteiger partial charge is 0.591 e. The van der Waals surface area contributed by atoms with E-state index in [1.54, 1.807) is 41.5 Å². The molecule has 2 unspecified atom stereocenters. The zero-order valence-corrected chi connectivity index (χ0v) is 21.8. The molecule has 0 aliphatic carbocycles. The van der Waals surface area contributed by atoms with Gasteiger partial charge in [-0.2, -0.15) is 13.2 Å². The van der Waals surface area contributed by atoms with Crippen LogP contribution < -0.4 is 0 Å². The molecule has 2 aromatic carbocycles. The van der Waals surface area contributed by atoms with Crippen LogP contribution >= 0.6 is 0 Å². The van der Waals surface area contributed by atoms with E-state index in [-0.39, 0.29) is 17.7 Å². The molecule has 192 valence electrons. The van der Waals surface area contributed by atoms with Crippen molar-refractivity contribution >= 4 is 23.5 Å². The maximum atomic E-state index is 15.4. The number of ether oxygens (including phenoxy) is 1. The summed E-state index contributed by atoms with van der Waals surface area (Å²) in [7, 11) is 0. The Labute approximate surface area is 207 Å². The fourth-order valence-electron chi connectivity index (χ4n) is 3.83. The van der Waals surface area contributed by atoms with Gasteiger partial charge in [0.25, 0.3) is 0 Å². The highest BCUT2D eigenvalue weighted by Crippen LogP contribution is 2.40. The van der Waals surface area contributed by atoms with Crippen molar-refractivity contribution < 1.29 is 31.6 Å². The van der Waals surface area contributed by atoms with Gasteiger partial charge in [0.1, 0.15) is 21.9 Å². The summed E-state index contributed by atoms with van der Waals surface area (Å²) in [5.41, 5.74) is 1.32. The summed E-state index contributed by atoms with van der Waals surface area (Å²) < 4.78 is 77.7. The molecule has 35 heavy (non-hydrogen) atoms.